The zero-order valence-corrected chi connectivity index (χ0v) is 22.4. The van der Waals surface area contributed by atoms with E-state index in [1.807, 2.05) is 0 Å². The van der Waals surface area contributed by atoms with Crippen molar-refractivity contribution in [3.05, 3.63) is 24.3 Å². The summed E-state index contributed by atoms with van der Waals surface area (Å²) in [6.45, 7) is 18.8. The summed E-state index contributed by atoms with van der Waals surface area (Å²) in [6, 6.07) is 0. The Labute approximate surface area is 202 Å². The molecule has 1 N–H and O–H groups in total. The Morgan fingerprint density at radius 1 is 0.848 bits per heavy atom. The molecule has 186 valence electrons. The van der Waals surface area contributed by atoms with Crippen molar-refractivity contribution in [1.29, 1.82) is 0 Å². The second-order valence-electron chi connectivity index (χ2n) is 14.0. The molecule has 2 aliphatic heterocycles. The van der Waals surface area contributed by atoms with Crippen LogP contribution in [-0.2, 0) is 9.78 Å². The monoisotopic (exact) mass is 456 g/mol. The van der Waals surface area contributed by atoms with Crippen LogP contribution in [0.1, 0.15) is 93.9 Å². The van der Waals surface area contributed by atoms with Gasteiger partial charge in [0.05, 0.1) is 6.10 Å². The van der Waals surface area contributed by atoms with Crippen molar-refractivity contribution in [3.63, 3.8) is 0 Å². The number of aliphatic hydroxyl groups is 1. The Kier molecular flexibility index (Phi) is 5.42. The number of rotatable bonds is 4. The predicted octanol–water partition coefficient (Wildman–Crippen LogP) is 7.11. The fraction of sp³-hybridized carbons (Fsp3) is 0.867. The highest BCUT2D eigenvalue weighted by Crippen LogP contribution is 2.75. The summed E-state index contributed by atoms with van der Waals surface area (Å²) < 4.78 is 0. The molecule has 0 radical (unpaired) electrons. The molecule has 2 spiro atoms. The van der Waals surface area contributed by atoms with Gasteiger partial charge in [0.2, 0.25) is 0 Å². The van der Waals surface area contributed by atoms with E-state index in [0.29, 0.717) is 35.5 Å². The quantitative estimate of drug-likeness (QED) is 0.362. The van der Waals surface area contributed by atoms with Crippen LogP contribution in [-0.4, -0.2) is 22.4 Å². The molecule has 0 unspecified atom stereocenters. The highest BCUT2D eigenvalue weighted by Gasteiger charge is 2.77. The van der Waals surface area contributed by atoms with Gasteiger partial charge in [-0.05, 0) is 73.7 Å². The highest BCUT2D eigenvalue weighted by molar-refractivity contribution is 5.36. The first-order valence-corrected chi connectivity index (χ1v) is 13.8. The lowest BCUT2D eigenvalue weighted by molar-refractivity contribution is -0.515. The normalized spacial score (nSPS) is 51.9. The molecule has 0 amide bonds. The molecule has 3 nitrogen and oxygen atoms in total. The van der Waals surface area contributed by atoms with Gasteiger partial charge in [-0.3, -0.25) is 0 Å². The Bertz CT molecular complexity index is 843. The van der Waals surface area contributed by atoms with Crippen LogP contribution in [0.15, 0.2) is 24.3 Å². The molecule has 6 aliphatic rings. The Hall–Kier alpha value is -0.640. The summed E-state index contributed by atoms with van der Waals surface area (Å²) in [5.41, 5.74) is -0.953. The lowest BCUT2D eigenvalue weighted by Gasteiger charge is -2.72. The fourth-order valence-electron chi connectivity index (χ4n) is 9.47. The van der Waals surface area contributed by atoms with Crippen molar-refractivity contribution >= 4 is 0 Å². The maximum Gasteiger partial charge on any atom is 0.135 e. The number of hydrogen-bond donors (Lipinski definition) is 1. The zero-order valence-electron chi connectivity index (χ0n) is 22.4. The summed E-state index contributed by atoms with van der Waals surface area (Å²) in [4.78, 5) is 13.1. The molecule has 0 aromatic rings. The van der Waals surface area contributed by atoms with Crippen LogP contribution in [0.5, 0.6) is 0 Å². The third-order valence-electron chi connectivity index (χ3n) is 12.1. The van der Waals surface area contributed by atoms with E-state index in [1.165, 1.54) is 25.7 Å². The Balaban J connectivity index is 1.49. The van der Waals surface area contributed by atoms with Crippen LogP contribution in [0.25, 0.3) is 0 Å². The molecule has 4 fully saturated rings. The van der Waals surface area contributed by atoms with Gasteiger partial charge < -0.3 is 5.11 Å². The Morgan fingerprint density at radius 3 is 2.21 bits per heavy atom. The first-order chi connectivity index (χ1) is 15.4. The van der Waals surface area contributed by atoms with Gasteiger partial charge in [-0.1, -0.05) is 73.6 Å². The average molecular weight is 457 g/mol. The van der Waals surface area contributed by atoms with Crippen molar-refractivity contribution in [2.75, 3.05) is 0 Å². The van der Waals surface area contributed by atoms with Gasteiger partial charge >= 0.3 is 0 Å². The minimum atomic E-state index is -0.543. The second-order valence-corrected chi connectivity index (χ2v) is 14.0. The van der Waals surface area contributed by atoms with E-state index < -0.39 is 5.60 Å². The van der Waals surface area contributed by atoms with Gasteiger partial charge in [0.25, 0.3) is 0 Å². The lowest BCUT2D eigenvalue weighted by Crippen LogP contribution is -2.77. The summed E-state index contributed by atoms with van der Waals surface area (Å²) in [5, 5.41) is 10.9. The lowest BCUT2D eigenvalue weighted by atomic mass is 9.39. The van der Waals surface area contributed by atoms with Crippen molar-refractivity contribution < 1.29 is 14.9 Å². The number of hydrogen-bond acceptors (Lipinski definition) is 3. The first kappa shape index (κ1) is 24.1. The summed E-state index contributed by atoms with van der Waals surface area (Å²) in [6.07, 6.45) is 16.2. The Morgan fingerprint density at radius 2 is 1.58 bits per heavy atom. The van der Waals surface area contributed by atoms with Crippen LogP contribution in [0, 0.1) is 51.8 Å². The summed E-state index contributed by atoms with van der Waals surface area (Å²) >= 11 is 0. The third kappa shape index (κ3) is 2.85. The van der Waals surface area contributed by atoms with Crippen LogP contribution in [0.2, 0.25) is 0 Å². The maximum absolute atomic E-state index is 10.9. The molecule has 10 atom stereocenters. The predicted molar refractivity (Wildman–Crippen MR) is 133 cm³/mol. The van der Waals surface area contributed by atoms with Crippen LogP contribution >= 0.6 is 0 Å². The minimum absolute atomic E-state index is 0.000359. The van der Waals surface area contributed by atoms with Crippen LogP contribution in [0.3, 0.4) is 0 Å². The average Bonchev–Trinajstić information content (AvgIpc) is 3.13. The van der Waals surface area contributed by atoms with Gasteiger partial charge in [0.15, 0.2) is 0 Å². The molecular weight excluding hydrogens is 408 g/mol. The maximum atomic E-state index is 10.9. The van der Waals surface area contributed by atoms with Gasteiger partial charge in [-0.25, -0.2) is 9.78 Å². The van der Waals surface area contributed by atoms with Gasteiger partial charge in [0.1, 0.15) is 11.2 Å². The number of allylic oxidation sites excluding steroid dienone is 2. The standard InChI is InChI=1S/C30H48O3/c1-19(2)20(3)9-10-21(4)22-11-12-23-27(22,7)15-13-24-28(8)16-14-25(31)26(5,6)30(28)18-17-29(23,24)32-33-30/h9-10,17-25,31H,11-16H2,1-8H3/b10-9+/t20-,21+,22+,23+,24-,25-,27+,28+,29-,30+/m0/s1. The van der Waals surface area contributed by atoms with Crippen LogP contribution in [0.4, 0.5) is 0 Å². The SMILES string of the molecule is CC(C)[C@@H](C)/C=C/[C@@H](C)[C@H]1CC[C@@H]2[C@]1(C)CC[C@@H]1[C@]23C=C[C@@]2(OO3)C(C)(C)[C@@H](O)CC[C@]12C. The molecule has 2 bridgehead atoms. The first-order valence-electron chi connectivity index (χ1n) is 13.8. The van der Waals surface area contributed by atoms with E-state index >= 15 is 0 Å². The molecule has 0 aromatic heterocycles. The summed E-state index contributed by atoms with van der Waals surface area (Å²) in [5.74, 6) is 3.55. The third-order valence-corrected chi connectivity index (χ3v) is 12.1. The molecule has 33 heavy (non-hydrogen) atoms. The van der Waals surface area contributed by atoms with Crippen molar-refractivity contribution in [1.82, 2.24) is 0 Å². The van der Waals surface area contributed by atoms with Gasteiger partial charge in [0, 0.05) is 22.7 Å². The fourth-order valence-corrected chi connectivity index (χ4v) is 9.47. The largest absolute Gasteiger partial charge is 0.392 e. The highest BCUT2D eigenvalue weighted by atomic mass is 17.2. The zero-order chi connectivity index (χ0) is 24.0. The molecular formula is C30H48O3. The molecule has 6 rings (SSSR count). The molecule has 0 aromatic carbocycles. The molecule has 1 saturated heterocycles. The van der Waals surface area contributed by atoms with Crippen molar-refractivity contribution in [3.8, 4) is 0 Å². The van der Waals surface area contributed by atoms with Crippen molar-refractivity contribution in [2.45, 2.75) is 111 Å². The summed E-state index contributed by atoms with van der Waals surface area (Å²) in [7, 11) is 0. The molecule has 2 heterocycles. The van der Waals surface area contributed by atoms with E-state index in [4.69, 9.17) is 9.78 Å². The van der Waals surface area contributed by atoms with Gasteiger partial charge in [-0.15, -0.1) is 0 Å². The molecule has 3 heteroatoms. The smallest absolute Gasteiger partial charge is 0.135 e. The second kappa shape index (κ2) is 7.43. The van der Waals surface area contributed by atoms with E-state index in [9.17, 15) is 5.11 Å². The van der Waals surface area contributed by atoms with E-state index in [2.05, 4.69) is 79.7 Å². The topological polar surface area (TPSA) is 38.7 Å². The number of aliphatic hydroxyl groups excluding tert-OH is 1. The van der Waals surface area contributed by atoms with E-state index in [1.54, 1.807) is 0 Å². The van der Waals surface area contributed by atoms with E-state index in [-0.39, 0.29) is 27.9 Å². The minimum Gasteiger partial charge on any atom is -0.392 e. The molecule has 4 aliphatic carbocycles. The molecule has 3 saturated carbocycles. The van der Waals surface area contributed by atoms with E-state index in [0.717, 1.165) is 12.8 Å². The number of fused-ring (bicyclic) bond motifs is 2. The van der Waals surface area contributed by atoms with Crippen LogP contribution < -0.4 is 0 Å². The van der Waals surface area contributed by atoms with Crippen molar-refractivity contribution in [2.24, 2.45) is 51.8 Å². The van der Waals surface area contributed by atoms with Gasteiger partial charge in [-0.2, -0.15) is 0 Å².